The quantitative estimate of drug-likeness (QED) is 0.507. The van der Waals surface area contributed by atoms with Gasteiger partial charge in [0, 0.05) is 12.6 Å². The molecule has 0 aromatic heterocycles. The Bertz CT molecular complexity index is 742. The maximum absolute atomic E-state index is 12.8. The van der Waals surface area contributed by atoms with Gasteiger partial charge in [0.05, 0.1) is 52.3 Å². The molecule has 1 atom stereocenters. The van der Waals surface area contributed by atoms with Crippen molar-refractivity contribution in [2.75, 3.05) is 47.8 Å². The number of benzene rings is 1. The molecular formula is C19H30NO7P. The molecule has 1 aliphatic heterocycles. The lowest BCUT2D eigenvalue weighted by molar-refractivity contribution is 0.0767. The number of rotatable bonds is 11. The summed E-state index contributed by atoms with van der Waals surface area (Å²) >= 11 is 0. The monoisotopic (exact) mass is 415 g/mol. The van der Waals surface area contributed by atoms with Gasteiger partial charge in [0.2, 0.25) is 5.75 Å². The second kappa shape index (κ2) is 9.63. The Morgan fingerprint density at radius 2 is 1.64 bits per heavy atom. The van der Waals surface area contributed by atoms with Gasteiger partial charge in [-0.1, -0.05) is 0 Å². The van der Waals surface area contributed by atoms with Crippen LogP contribution in [0.1, 0.15) is 48.7 Å². The molecule has 8 nitrogen and oxygen atoms in total. The lowest BCUT2D eigenvalue weighted by atomic mass is 9.98. The SMILES string of the molecule is CCOP(=O)(CCCC1c2c(cc(OC)c(OC)c2OC)C(=O)N1C)OCC. The smallest absolute Gasteiger partial charge is 0.330 e. The molecule has 0 N–H and O–H groups in total. The number of amides is 1. The minimum atomic E-state index is -3.12. The minimum Gasteiger partial charge on any atom is -0.493 e. The van der Waals surface area contributed by atoms with Crippen LogP contribution >= 0.6 is 7.60 Å². The fraction of sp³-hybridized carbons (Fsp3) is 0.632. The molecule has 2 rings (SSSR count). The Morgan fingerprint density at radius 1 is 1.04 bits per heavy atom. The molecule has 0 bridgehead atoms. The molecule has 0 saturated carbocycles. The third-order valence-corrected chi connectivity index (χ3v) is 6.95. The predicted molar refractivity (Wildman–Crippen MR) is 106 cm³/mol. The van der Waals surface area contributed by atoms with Crippen LogP contribution in [-0.2, 0) is 13.6 Å². The van der Waals surface area contributed by atoms with Crippen LogP contribution in [-0.4, -0.2) is 58.6 Å². The lowest BCUT2D eigenvalue weighted by Crippen LogP contribution is -2.23. The molecule has 1 amide bonds. The van der Waals surface area contributed by atoms with Crippen LogP contribution in [0.3, 0.4) is 0 Å². The molecule has 0 aliphatic carbocycles. The molecular weight excluding hydrogens is 385 g/mol. The zero-order valence-corrected chi connectivity index (χ0v) is 18.3. The van der Waals surface area contributed by atoms with E-state index in [2.05, 4.69) is 0 Å². The van der Waals surface area contributed by atoms with Gasteiger partial charge in [-0.2, -0.15) is 0 Å². The van der Waals surface area contributed by atoms with Crippen LogP contribution in [0.2, 0.25) is 0 Å². The topological polar surface area (TPSA) is 83.5 Å². The largest absolute Gasteiger partial charge is 0.493 e. The van der Waals surface area contributed by atoms with Gasteiger partial charge >= 0.3 is 7.60 Å². The minimum absolute atomic E-state index is 0.114. The number of hydrogen-bond donors (Lipinski definition) is 0. The number of nitrogens with zero attached hydrogens (tertiary/aromatic N) is 1. The van der Waals surface area contributed by atoms with E-state index >= 15 is 0 Å². The van der Waals surface area contributed by atoms with Crippen molar-refractivity contribution in [3.8, 4) is 17.2 Å². The average Bonchev–Trinajstić information content (AvgIpc) is 2.91. The third-order valence-electron chi connectivity index (χ3n) is 4.78. The number of fused-ring (bicyclic) bond motifs is 1. The van der Waals surface area contributed by atoms with Crippen molar-refractivity contribution in [3.05, 3.63) is 17.2 Å². The zero-order valence-electron chi connectivity index (χ0n) is 17.4. The highest BCUT2D eigenvalue weighted by atomic mass is 31.2. The Morgan fingerprint density at radius 3 is 2.14 bits per heavy atom. The van der Waals surface area contributed by atoms with Crippen molar-refractivity contribution >= 4 is 13.5 Å². The van der Waals surface area contributed by atoms with Gasteiger partial charge in [0.25, 0.3) is 5.91 Å². The van der Waals surface area contributed by atoms with Gasteiger partial charge in [-0.05, 0) is 32.8 Å². The first-order valence-corrected chi connectivity index (χ1v) is 11.1. The molecule has 0 spiro atoms. The molecule has 28 heavy (non-hydrogen) atoms. The van der Waals surface area contributed by atoms with Crippen molar-refractivity contribution in [1.82, 2.24) is 4.90 Å². The van der Waals surface area contributed by atoms with Gasteiger partial charge in [-0.25, -0.2) is 0 Å². The van der Waals surface area contributed by atoms with Gasteiger partial charge < -0.3 is 28.2 Å². The van der Waals surface area contributed by atoms with Crippen LogP contribution in [0.5, 0.6) is 17.2 Å². The molecule has 1 aromatic carbocycles. The average molecular weight is 415 g/mol. The summed E-state index contributed by atoms with van der Waals surface area (Å²) in [5.41, 5.74) is 1.29. The van der Waals surface area contributed by atoms with Crippen molar-refractivity contribution in [2.45, 2.75) is 32.7 Å². The van der Waals surface area contributed by atoms with E-state index in [4.69, 9.17) is 23.3 Å². The summed E-state index contributed by atoms with van der Waals surface area (Å²) in [5.74, 6) is 1.26. The van der Waals surface area contributed by atoms with Gasteiger partial charge in [-0.15, -0.1) is 0 Å². The van der Waals surface area contributed by atoms with Crippen molar-refractivity contribution in [3.63, 3.8) is 0 Å². The summed E-state index contributed by atoms with van der Waals surface area (Å²) in [6.45, 7) is 4.23. The van der Waals surface area contributed by atoms with E-state index in [1.807, 2.05) is 0 Å². The molecule has 1 heterocycles. The van der Waals surface area contributed by atoms with E-state index < -0.39 is 7.60 Å². The molecule has 1 aliphatic rings. The lowest BCUT2D eigenvalue weighted by Gasteiger charge is -2.24. The van der Waals surface area contributed by atoms with E-state index in [0.29, 0.717) is 48.9 Å². The maximum atomic E-state index is 12.8. The van der Waals surface area contributed by atoms with E-state index in [1.165, 1.54) is 21.3 Å². The summed E-state index contributed by atoms with van der Waals surface area (Å²) in [5, 5.41) is 0. The molecule has 1 unspecified atom stereocenters. The van der Waals surface area contributed by atoms with Gasteiger partial charge in [-0.3, -0.25) is 9.36 Å². The number of carbonyl (C=O) groups is 1. The Labute approximate surface area is 166 Å². The first kappa shape index (κ1) is 22.5. The number of hydrogen-bond acceptors (Lipinski definition) is 7. The predicted octanol–water partition coefficient (Wildman–Crippen LogP) is 3.89. The number of methoxy groups -OCH3 is 3. The maximum Gasteiger partial charge on any atom is 0.330 e. The molecule has 0 radical (unpaired) electrons. The first-order valence-electron chi connectivity index (χ1n) is 9.35. The summed E-state index contributed by atoms with van der Waals surface area (Å²) in [6.07, 6.45) is 1.44. The van der Waals surface area contributed by atoms with Crippen molar-refractivity contribution in [2.24, 2.45) is 0 Å². The summed E-state index contributed by atoms with van der Waals surface area (Å²) in [7, 11) is 3.21. The van der Waals surface area contributed by atoms with Crippen LogP contribution in [0, 0.1) is 0 Å². The van der Waals surface area contributed by atoms with Crippen molar-refractivity contribution < 1.29 is 32.6 Å². The molecule has 1 aromatic rings. The van der Waals surface area contributed by atoms with E-state index in [-0.39, 0.29) is 18.1 Å². The Kier molecular flexibility index (Phi) is 7.75. The van der Waals surface area contributed by atoms with Crippen molar-refractivity contribution in [1.29, 1.82) is 0 Å². The third kappa shape index (κ3) is 4.29. The fourth-order valence-electron chi connectivity index (χ4n) is 3.59. The van der Waals surface area contributed by atoms with Crippen LogP contribution in [0.25, 0.3) is 0 Å². The molecule has 0 fully saturated rings. The van der Waals surface area contributed by atoms with E-state index in [9.17, 15) is 9.36 Å². The standard InChI is InChI=1S/C19H30NO7P/c1-7-26-28(22,27-8-2)11-9-10-14-16-13(19(21)20(14)3)12-15(23-4)17(24-5)18(16)25-6/h12,14H,7-11H2,1-6H3. The highest BCUT2D eigenvalue weighted by Gasteiger charge is 2.40. The second-order valence-electron chi connectivity index (χ2n) is 6.35. The van der Waals surface area contributed by atoms with Crippen LogP contribution in [0.15, 0.2) is 6.07 Å². The van der Waals surface area contributed by atoms with Crippen LogP contribution in [0.4, 0.5) is 0 Å². The normalized spacial score (nSPS) is 16.3. The number of carbonyl (C=O) groups excluding carboxylic acids is 1. The first-order chi connectivity index (χ1) is 13.4. The number of ether oxygens (including phenoxy) is 3. The summed E-state index contributed by atoms with van der Waals surface area (Å²) in [6, 6.07) is 1.45. The Hall–Kier alpha value is -1.76. The fourth-order valence-corrected chi connectivity index (χ4v) is 5.28. The van der Waals surface area contributed by atoms with E-state index in [0.717, 1.165) is 5.56 Å². The molecule has 158 valence electrons. The molecule has 0 saturated heterocycles. The van der Waals surface area contributed by atoms with Gasteiger partial charge in [0.15, 0.2) is 11.5 Å². The van der Waals surface area contributed by atoms with Crippen LogP contribution < -0.4 is 14.2 Å². The summed E-state index contributed by atoms with van der Waals surface area (Å²) in [4.78, 5) is 14.4. The van der Waals surface area contributed by atoms with E-state index in [1.54, 1.807) is 31.9 Å². The highest BCUT2D eigenvalue weighted by Crippen LogP contribution is 2.52. The second-order valence-corrected chi connectivity index (χ2v) is 8.54. The van der Waals surface area contributed by atoms with Gasteiger partial charge in [0.1, 0.15) is 0 Å². The Balaban J connectivity index is 2.31. The molecule has 9 heteroatoms. The summed E-state index contributed by atoms with van der Waals surface area (Å²) < 4.78 is 39.8. The zero-order chi connectivity index (χ0) is 20.9. The highest BCUT2D eigenvalue weighted by molar-refractivity contribution is 7.53.